The van der Waals surface area contributed by atoms with Crippen LogP contribution in [0.3, 0.4) is 0 Å². The van der Waals surface area contributed by atoms with E-state index in [1.54, 1.807) is 11.1 Å². The summed E-state index contributed by atoms with van der Waals surface area (Å²) in [5.41, 5.74) is 0.208. The van der Waals surface area contributed by atoms with Gasteiger partial charge in [0.15, 0.2) is 0 Å². The predicted molar refractivity (Wildman–Crippen MR) is 75.2 cm³/mol. The molecule has 0 aromatic carbocycles. The van der Waals surface area contributed by atoms with Gasteiger partial charge in [-0.25, -0.2) is 0 Å². The molecule has 1 rings (SSSR count). The fourth-order valence-corrected chi connectivity index (χ4v) is 1.68. The first-order chi connectivity index (χ1) is 8.49. The molecule has 0 saturated heterocycles. The van der Waals surface area contributed by atoms with Crippen LogP contribution in [0.1, 0.15) is 13.3 Å². The Morgan fingerprint density at radius 1 is 1.56 bits per heavy atom. The maximum absolute atomic E-state index is 11.9. The summed E-state index contributed by atoms with van der Waals surface area (Å²) in [5.74, 6) is -0.242. The van der Waals surface area contributed by atoms with Gasteiger partial charge in [0.25, 0.3) is 5.91 Å². The first kappa shape index (κ1) is 16.9. The third-order valence-electron chi connectivity index (χ3n) is 1.99. The molecule has 5 heteroatoms. The lowest BCUT2D eigenvalue weighted by Gasteiger charge is -2.15. The summed E-state index contributed by atoms with van der Waals surface area (Å²) in [7, 11) is 0. The van der Waals surface area contributed by atoms with Crippen LogP contribution in [0.25, 0.3) is 0 Å². The first-order valence-electron chi connectivity index (χ1n) is 5.40. The number of allylic oxidation sites excluding steroid dienone is 2. The van der Waals surface area contributed by atoms with E-state index in [0.29, 0.717) is 6.54 Å². The number of halogens is 3. The monoisotopic (exact) mass is 291 g/mol. The van der Waals surface area contributed by atoms with Crippen LogP contribution in [0.2, 0.25) is 0 Å². The SMILES string of the molecule is C=C/C(Cl)=C(\C(=C)Cl)C(=O)N1C=CCC1.CCF. The molecule has 0 saturated carbocycles. The quantitative estimate of drug-likeness (QED) is 0.565. The van der Waals surface area contributed by atoms with E-state index < -0.39 is 0 Å². The lowest BCUT2D eigenvalue weighted by molar-refractivity contribution is -0.124. The summed E-state index contributed by atoms with van der Waals surface area (Å²) < 4.78 is 10.3. The van der Waals surface area contributed by atoms with E-state index in [1.165, 1.54) is 13.0 Å². The molecule has 0 spiro atoms. The van der Waals surface area contributed by atoms with Crippen LogP contribution in [0, 0.1) is 0 Å². The Bertz CT molecular complexity index is 388. The topological polar surface area (TPSA) is 20.3 Å². The Kier molecular flexibility index (Phi) is 8.42. The molecular weight excluding hydrogens is 276 g/mol. The number of rotatable bonds is 3. The second kappa shape index (κ2) is 8.95. The van der Waals surface area contributed by atoms with Crippen LogP contribution in [0.5, 0.6) is 0 Å². The van der Waals surface area contributed by atoms with Crippen LogP contribution in [0.15, 0.2) is 47.1 Å². The van der Waals surface area contributed by atoms with Crippen LogP contribution in [-0.2, 0) is 4.79 Å². The van der Waals surface area contributed by atoms with Crippen LogP contribution < -0.4 is 0 Å². The second-order valence-corrected chi connectivity index (χ2v) is 4.13. The van der Waals surface area contributed by atoms with E-state index in [1.807, 2.05) is 6.08 Å². The molecule has 1 amide bonds. The van der Waals surface area contributed by atoms with Gasteiger partial charge in [-0.05, 0) is 19.4 Å². The van der Waals surface area contributed by atoms with E-state index in [4.69, 9.17) is 23.2 Å². The lowest BCUT2D eigenvalue weighted by atomic mass is 10.2. The van der Waals surface area contributed by atoms with Gasteiger partial charge in [0, 0.05) is 17.8 Å². The van der Waals surface area contributed by atoms with Crippen molar-refractivity contribution < 1.29 is 9.18 Å². The molecule has 0 radical (unpaired) electrons. The molecule has 2 nitrogen and oxygen atoms in total. The van der Waals surface area contributed by atoms with Gasteiger partial charge < -0.3 is 4.90 Å². The minimum atomic E-state index is -0.250. The third kappa shape index (κ3) is 5.07. The minimum absolute atomic E-state index is 0.130. The van der Waals surface area contributed by atoms with Gasteiger partial charge in [-0.3, -0.25) is 9.18 Å². The van der Waals surface area contributed by atoms with Crippen LogP contribution in [-0.4, -0.2) is 24.0 Å². The number of carbonyl (C=O) groups is 1. The summed E-state index contributed by atoms with van der Waals surface area (Å²) in [6.07, 6.45) is 5.85. The maximum atomic E-state index is 11.9. The molecule has 1 aliphatic heterocycles. The van der Waals surface area contributed by atoms with Crippen molar-refractivity contribution in [1.29, 1.82) is 0 Å². The van der Waals surface area contributed by atoms with Gasteiger partial charge in [-0.1, -0.05) is 42.4 Å². The number of hydrogen-bond donors (Lipinski definition) is 0. The maximum Gasteiger partial charge on any atom is 0.260 e. The van der Waals surface area contributed by atoms with Gasteiger partial charge in [0.1, 0.15) is 0 Å². The highest BCUT2D eigenvalue weighted by molar-refractivity contribution is 6.40. The zero-order chi connectivity index (χ0) is 14.1. The lowest BCUT2D eigenvalue weighted by Crippen LogP contribution is -2.25. The molecular formula is C13H16Cl2FNO. The molecule has 0 N–H and O–H groups in total. The van der Waals surface area contributed by atoms with Crippen molar-refractivity contribution in [3.05, 3.63) is 47.1 Å². The summed E-state index contributed by atoms with van der Waals surface area (Å²) in [4.78, 5) is 13.5. The van der Waals surface area contributed by atoms with Gasteiger partial charge in [-0.2, -0.15) is 0 Å². The van der Waals surface area contributed by atoms with Gasteiger partial charge in [-0.15, -0.1) is 0 Å². The van der Waals surface area contributed by atoms with Crippen LogP contribution in [0.4, 0.5) is 4.39 Å². The number of hydrogen-bond acceptors (Lipinski definition) is 1. The van der Waals surface area contributed by atoms with Crippen molar-refractivity contribution in [2.24, 2.45) is 0 Å². The number of alkyl halides is 1. The van der Waals surface area contributed by atoms with E-state index >= 15 is 0 Å². The average Bonchev–Trinajstić information content (AvgIpc) is 2.82. The Morgan fingerprint density at radius 2 is 2.11 bits per heavy atom. The highest BCUT2D eigenvalue weighted by atomic mass is 35.5. The fourth-order valence-electron chi connectivity index (χ4n) is 1.25. The van der Waals surface area contributed by atoms with Crippen LogP contribution >= 0.6 is 23.2 Å². The standard InChI is InChI=1S/C11H11Cl2NO.C2H5F/c1-3-9(13)10(8(2)12)11(15)14-6-4-5-7-14;1-2-3/h3-4,6H,1-2,5,7H2;2H2,1H3/b10-9-;. The third-order valence-corrected chi connectivity index (χ3v) is 2.52. The molecule has 0 fully saturated rings. The van der Waals surface area contributed by atoms with E-state index in [0.717, 1.165) is 6.42 Å². The molecule has 0 atom stereocenters. The van der Waals surface area contributed by atoms with Crippen molar-refractivity contribution in [3.63, 3.8) is 0 Å². The minimum Gasteiger partial charge on any atom is -0.315 e. The zero-order valence-electron chi connectivity index (χ0n) is 10.3. The average molecular weight is 292 g/mol. The molecule has 100 valence electrons. The van der Waals surface area contributed by atoms with Gasteiger partial charge in [0.05, 0.1) is 17.3 Å². The molecule has 0 aliphatic carbocycles. The van der Waals surface area contributed by atoms with E-state index in [9.17, 15) is 9.18 Å². The Morgan fingerprint density at radius 3 is 2.44 bits per heavy atom. The zero-order valence-corrected chi connectivity index (χ0v) is 11.8. The fraction of sp³-hybridized carbons (Fsp3) is 0.308. The summed E-state index contributed by atoms with van der Waals surface area (Å²) in [6, 6.07) is 0. The van der Waals surface area contributed by atoms with Gasteiger partial charge >= 0.3 is 0 Å². The summed E-state index contributed by atoms with van der Waals surface area (Å²) in [5, 5.41) is 0.352. The highest BCUT2D eigenvalue weighted by Crippen LogP contribution is 2.24. The molecule has 1 heterocycles. The van der Waals surface area contributed by atoms with Crippen molar-refractivity contribution in [2.75, 3.05) is 13.2 Å². The molecule has 0 unspecified atom stereocenters. The summed E-state index contributed by atoms with van der Waals surface area (Å²) in [6.45, 7) is 8.87. The number of nitrogens with zero attached hydrogens (tertiary/aromatic N) is 1. The molecule has 0 bridgehead atoms. The van der Waals surface area contributed by atoms with Crippen molar-refractivity contribution in [2.45, 2.75) is 13.3 Å². The first-order valence-corrected chi connectivity index (χ1v) is 6.15. The molecule has 1 aliphatic rings. The van der Waals surface area contributed by atoms with Crippen molar-refractivity contribution in [1.82, 2.24) is 4.90 Å². The Hall–Kier alpha value is -1.06. The predicted octanol–water partition coefficient (Wildman–Crippen LogP) is 4.14. The largest absolute Gasteiger partial charge is 0.315 e. The second-order valence-electron chi connectivity index (χ2n) is 3.27. The number of amides is 1. The molecule has 0 aromatic rings. The normalized spacial score (nSPS) is 14.6. The Balaban J connectivity index is 0.000000873. The van der Waals surface area contributed by atoms with Crippen molar-refractivity contribution >= 4 is 29.1 Å². The smallest absolute Gasteiger partial charge is 0.260 e. The molecule has 0 aromatic heterocycles. The van der Waals surface area contributed by atoms with E-state index in [2.05, 4.69) is 13.2 Å². The van der Waals surface area contributed by atoms with E-state index in [-0.39, 0.29) is 28.2 Å². The molecule has 18 heavy (non-hydrogen) atoms. The number of carbonyl (C=O) groups excluding carboxylic acids is 1. The van der Waals surface area contributed by atoms with Gasteiger partial charge in [0.2, 0.25) is 0 Å². The van der Waals surface area contributed by atoms with Crippen molar-refractivity contribution in [3.8, 4) is 0 Å². The summed E-state index contributed by atoms with van der Waals surface area (Å²) >= 11 is 11.6. The highest BCUT2D eigenvalue weighted by Gasteiger charge is 2.21. The Labute approximate surface area is 117 Å².